The van der Waals surface area contributed by atoms with Crippen LogP contribution in [-0.4, -0.2) is 35.8 Å². The van der Waals surface area contributed by atoms with Gasteiger partial charge in [-0.2, -0.15) is 0 Å². The average molecular weight is 265 g/mol. The van der Waals surface area contributed by atoms with Crippen molar-refractivity contribution in [3.05, 3.63) is 18.1 Å². The Hall–Kier alpha value is -1.20. The van der Waals surface area contributed by atoms with Crippen molar-refractivity contribution in [1.29, 1.82) is 0 Å². The van der Waals surface area contributed by atoms with Crippen molar-refractivity contribution in [2.45, 2.75) is 44.8 Å². The summed E-state index contributed by atoms with van der Waals surface area (Å²) in [4.78, 5) is 8.22. The van der Waals surface area contributed by atoms with Crippen LogP contribution in [-0.2, 0) is 11.2 Å². The fraction of sp³-hybridized carbons (Fsp3) is 0.714. The zero-order chi connectivity index (χ0) is 13.7. The van der Waals surface area contributed by atoms with Gasteiger partial charge in [0.15, 0.2) is 0 Å². The van der Waals surface area contributed by atoms with Gasteiger partial charge in [0.25, 0.3) is 0 Å². The first-order chi connectivity index (χ1) is 9.21. The van der Waals surface area contributed by atoms with Crippen LogP contribution < -0.4 is 10.5 Å². The minimum absolute atomic E-state index is 0.146. The summed E-state index contributed by atoms with van der Waals surface area (Å²) < 4.78 is 10.6. The van der Waals surface area contributed by atoms with Gasteiger partial charge >= 0.3 is 0 Å². The third-order valence-electron chi connectivity index (χ3n) is 3.61. The Morgan fingerprint density at radius 1 is 1.42 bits per heavy atom. The Morgan fingerprint density at radius 3 is 2.89 bits per heavy atom. The second-order valence-corrected chi connectivity index (χ2v) is 5.17. The minimum Gasteiger partial charge on any atom is -0.481 e. The lowest BCUT2D eigenvalue weighted by atomic mass is 9.78. The van der Waals surface area contributed by atoms with E-state index in [1.165, 1.54) is 6.33 Å². The first-order valence-electron chi connectivity index (χ1n) is 6.93. The molecule has 0 bridgehead atoms. The molecule has 5 nitrogen and oxygen atoms in total. The summed E-state index contributed by atoms with van der Waals surface area (Å²) in [5.74, 6) is 1.30. The molecular weight excluding hydrogens is 242 g/mol. The summed E-state index contributed by atoms with van der Waals surface area (Å²) in [6.07, 6.45) is 6.09. The summed E-state index contributed by atoms with van der Waals surface area (Å²) in [5, 5.41) is 0. The van der Waals surface area contributed by atoms with Crippen molar-refractivity contribution in [2.75, 3.05) is 13.7 Å². The monoisotopic (exact) mass is 265 g/mol. The maximum Gasteiger partial charge on any atom is 0.216 e. The maximum atomic E-state index is 6.18. The van der Waals surface area contributed by atoms with Gasteiger partial charge in [-0.25, -0.2) is 9.97 Å². The van der Waals surface area contributed by atoms with Gasteiger partial charge in [0, 0.05) is 30.8 Å². The third kappa shape index (κ3) is 4.14. The molecule has 1 aromatic rings. The Balaban J connectivity index is 1.74. The first kappa shape index (κ1) is 14.2. The van der Waals surface area contributed by atoms with E-state index < -0.39 is 0 Å². The molecule has 0 aromatic carbocycles. The molecule has 0 spiro atoms. The summed E-state index contributed by atoms with van der Waals surface area (Å²) in [7, 11) is 1.61. The lowest BCUT2D eigenvalue weighted by Crippen LogP contribution is -2.36. The van der Waals surface area contributed by atoms with Gasteiger partial charge < -0.3 is 15.2 Å². The highest BCUT2D eigenvalue weighted by Gasteiger charge is 2.30. The zero-order valence-electron chi connectivity index (χ0n) is 11.7. The van der Waals surface area contributed by atoms with E-state index in [0.29, 0.717) is 17.9 Å². The lowest BCUT2D eigenvalue weighted by Gasteiger charge is -2.36. The molecule has 0 saturated heterocycles. The molecule has 0 aliphatic heterocycles. The third-order valence-corrected chi connectivity index (χ3v) is 3.61. The second-order valence-electron chi connectivity index (χ2n) is 5.17. The van der Waals surface area contributed by atoms with Crippen LogP contribution in [0.2, 0.25) is 0 Å². The number of nitrogens with zero attached hydrogens (tertiary/aromatic N) is 2. The lowest BCUT2D eigenvalue weighted by molar-refractivity contribution is -0.0281. The van der Waals surface area contributed by atoms with Crippen molar-refractivity contribution in [3.63, 3.8) is 0 Å². The van der Waals surface area contributed by atoms with Crippen molar-refractivity contribution < 1.29 is 9.47 Å². The van der Waals surface area contributed by atoms with E-state index >= 15 is 0 Å². The molecule has 1 saturated carbocycles. The molecule has 1 fully saturated rings. The number of ether oxygens (including phenoxy) is 2. The van der Waals surface area contributed by atoms with E-state index in [4.69, 9.17) is 15.2 Å². The number of aromatic nitrogens is 2. The molecule has 1 heterocycles. The number of hydrogen-bond acceptors (Lipinski definition) is 5. The topological polar surface area (TPSA) is 70.3 Å². The Morgan fingerprint density at radius 2 is 2.21 bits per heavy atom. The van der Waals surface area contributed by atoms with Crippen LogP contribution in [0.3, 0.4) is 0 Å². The van der Waals surface area contributed by atoms with Crippen LogP contribution in [0.5, 0.6) is 5.88 Å². The van der Waals surface area contributed by atoms with Crippen molar-refractivity contribution in [1.82, 2.24) is 9.97 Å². The number of rotatable bonds is 7. The standard InChI is InChI=1S/C14H23N3O2/c1-3-19-13-5-10(6-13)4-11(15)7-12-8-14(18-2)17-9-16-12/h8-11,13H,3-7,15H2,1-2H3. The quantitative estimate of drug-likeness (QED) is 0.810. The van der Waals surface area contributed by atoms with E-state index in [0.717, 1.165) is 38.0 Å². The molecule has 1 aliphatic rings. The maximum absolute atomic E-state index is 6.18. The van der Waals surface area contributed by atoms with Crippen LogP contribution in [0.1, 0.15) is 31.9 Å². The van der Waals surface area contributed by atoms with E-state index in [1.807, 2.05) is 13.0 Å². The van der Waals surface area contributed by atoms with E-state index in [1.54, 1.807) is 7.11 Å². The van der Waals surface area contributed by atoms with E-state index in [-0.39, 0.29) is 6.04 Å². The summed E-state index contributed by atoms with van der Waals surface area (Å²) >= 11 is 0. The van der Waals surface area contributed by atoms with E-state index in [9.17, 15) is 0 Å². The molecule has 106 valence electrons. The zero-order valence-corrected chi connectivity index (χ0v) is 11.7. The van der Waals surface area contributed by atoms with E-state index in [2.05, 4.69) is 9.97 Å². The predicted molar refractivity (Wildman–Crippen MR) is 73.0 cm³/mol. The molecule has 1 aromatic heterocycles. The van der Waals surface area contributed by atoms with Crippen LogP contribution in [0.4, 0.5) is 0 Å². The SMILES string of the molecule is CCOC1CC(CC(N)Cc2cc(OC)ncn2)C1. The molecule has 1 unspecified atom stereocenters. The molecule has 5 heteroatoms. The highest BCUT2D eigenvalue weighted by Crippen LogP contribution is 2.33. The molecule has 1 atom stereocenters. The Bertz CT molecular complexity index is 394. The average Bonchev–Trinajstić information content (AvgIpc) is 2.36. The van der Waals surface area contributed by atoms with Crippen molar-refractivity contribution >= 4 is 0 Å². The molecule has 0 radical (unpaired) electrons. The van der Waals surface area contributed by atoms with Gasteiger partial charge in [-0.1, -0.05) is 0 Å². The summed E-state index contributed by atoms with van der Waals surface area (Å²) in [6, 6.07) is 2.00. The van der Waals surface area contributed by atoms with Gasteiger partial charge in [0.2, 0.25) is 5.88 Å². The van der Waals surface area contributed by atoms with Gasteiger partial charge in [-0.05, 0) is 32.1 Å². The van der Waals surface area contributed by atoms with Gasteiger partial charge in [0.1, 0.15) is 6.33 Å². The van der Waals surface area contributed by atoms with Crippen molar-refractivity contribution in [2.24, 2.45) is 11.7 Å². The summed E-state index contributed by atoms with van der Waals surface area (Å²) in [5.41, 5.74) is 7.13. The van der Waals surface area contributed by atoms with Crippen LogP contribution in [0.25, 0.3) is 0 Å². The number of methoxy groups -OCH3 is 1. The smallest absolute Gasteiger partial charge is 0.216 e. The molecule has 1 aliphatic carbocycles. The van der Waals surface area contributed by atoms with Crippen LogP contribution in [0, 0.1) is 5.92 Å². The van der Waals surface area contributed by atoms with Gasteiger partial charge in [-0.15, -0.1) is 0 Å². The Labute approximate surface area is 114 Å². The van der Waals surface area contributed by atoms with Gasteiger partial charge in [-0.3, -0.25) is 0 Å². The fourth-order valence-corrected chi connectivity index (χ4v) is 2.62. The Kier molecular flexibility index (Phi) is 5.10. The highest BCUT2D eigenvalue weighted by molar-refractivity contribution is 5.14. The number of nitrogens with two attached hydrogens (primary N) is 1. The molecule has 0 amide bonds. The highest BCUT2D eigenvalue weighted by atomic mass is 16.5. The molecule has 2 rings (SSSR count). The first-order valence-corrected chi connectivity index (χ1v) is 6.93. The van der Waals surface area contributed by atoms with Crippen LogP contribution in [0.15, 0.2) is 12.4 Å². The van der Waals surface area contributed by atoms with Gasteiger partial charge in [0.05, 0.1) is 13.2 Å². The molecular formula is C14H23N3O2. The fourth-order valence-electron chi connectivity index (χ4n) is 2.62. The largest absolute Gasteiger partial charge is 0.481 e. The second kappa shape index (κ2) is 6.82. The van der Waals surface area contributed by atoms with Crippen molar-refractivity contribution in [3.8, 4) is 5.88 Å². The minimum atomic E-state index is 0.146. The predicted octanol–water partition coefficient (Wildman–Crippen LogP) is 1.56. The normalized spacial score (nSPS) is 23.7. The molecule has 19 heavy (non-hydrogen) atoms. The molecule has 2 N–H and O–H groups in total. The van der Waals surface area contributed by atoms with Crippen LogP contribution >= 0.6 is 0 Å². The number of hydrogen-bond donors (Lipinski definition) is 1. The summed E-state index contributed by atoms with van der Waals surface area (Å²) in [6.45, 7) is 2.85.